The Morgan fingerprint density at radius 1 is 1.03 bits per heavy atom. The van der Waals surface area contributed by atoms with Crippen molar-refractivity contribution >= 4 is 34.1 Å². The lowest BCUT2D eigenvalue weighted by Gasteiger charge is -2.15. The number of nitrogens with one attached hydrogen (secondary N) is 2. The van der Waals surface area contributed by atoms with Gasteiger partial charge in [0, 0.05) is 30.2 Å². The van der Waals surface area contributed by atoms with Crippen LogP contribution < -0.4 is 33.5 Å². The van der Waals surface area contributed by atoms with Gasteiger partial charge in [0.25, 0.3) is 5.91 Å². The van der Waals surface area contributed by atoms with E-state index >= 15 is 0 Å². The van der Waals surface area contributed by atoms with Crippen LogP contribution >= 0.6 is 11.6 Å². The molecule has 1 heterocycles. The minimum Gasteiger partial charge on any atom is -1.00 e. The number of carbonyl (C=O) groups excluding carboxylic acids is 1. The number of ether oxygens (including phenoxy) is 1. The summed E-state index contributed by atoms with van der Waals surface area (Å²) in [5.74, 6) is 0.341. The first-order valence-electron chi connectivity index (χ1n) is 10.1. The molecule has 3 aromatic carbocycles. The molecule has 0 aliphatic carbocycles. The number of benzene rings is 3. The van der Waals surface area contributed by atoms with E-state index in [1.165, 1.54) is 0 Å². The lowest BCUT2D eigenvalue weighted by Crippen LogP contribution is -3.00. The monoisotopic (exact) mass is 486 g/mol. The lowest BCUT2D eigenvalue weighted by molar-refractivity contribution is -0.0000155. The number of carbonyl (C=O) groups is 1. The van der Waals surface area contributed by atoms with Crippen LogP contribution in [-0.4, -0.2) is 29.3 Å². The molecule has 0 radical (unpaired) electrons. The van der Waals surface area contributed by atoms with Gasteiger partial charge in [0.05, 0.1) is 0 Å². The number of nitrogens with zero attached hydrogens (tertiary/aromatic N) is 2. The van der Waals surface area contributed by atoms with Gasteiger partial charge in [-0.1, -0.05) is 54.1 Å². The van der Waals surface area contributed by atoms with Crippen molar-refractivity contribution in [2.24, 2.45) is 0 Å². The average molecular weight is 487 g/mol. The summed E-state index contributed by atoms with van der Waals surface area (Å²) in [6, 6.07) is 19.8. The molecule has 0 aliphatic heterocycles. The Morgan fingerprint density at radius 2 is 1.82 bits per heavy atom. The first-order valence-corrected chi connectivity index (χ1v) is 10.4. The molecular formula is C23H22Cl2N5O3-. The summed E-state index contributed by atoms with van der Waals surface area (Å²) in [4.78, 5) is 12.0. The summed E-state index contributed by atoms with van der Waals surface area (Å²) < 4.78 is 10.6. The molecule has 33 heavy (non-hydrogen) atoms. The largest absolute Gasteiger partial charge is 1.00 e. The van der Waals surface area contributed by atoms with Gasteiger partial charge in [-0.05, 0) is 44.8 Å². The maximum Gasteiger partial charge on any atom is 0.277 e. The summed E-state index contributed by atoms with van der Waals surface area (Å²) in [6.45, 7) is 1.93. The van der Waals surface area contributed by atoms with Crippen molar-refractivity contribution in [2.45, 2.75) is 13.2 Å². The number of hydrogen-bond donors (Lipinski definition) is 3. The molecule has 0 fully saturated rings. The Hall–Kier alpha value is -3.33. The van der Waals surface area contributed by atoms with E-state index in [0.717, 1.165) is 27.6 Å². The van der Waals surface area contributed by atoms with Gasteiger partial charge in [-0.3, -0.25) is 4.79 Å². The number of anilines is 1. The van der Waals surface area contributed by atoms with Crippen LogP contribution in [-0.2, 0) is 13.2 Å². The van der Waals surface area contributed by atoms with Crippen molar-refractivity contribution < 1.29 is 26.6 Å². The van der Waals surface area contributed by atoms with Crippen LogP contribution in [0.1, 0.15) is 21.6 Å². The molecule has 8 nitrogen and oxygen atoms in total. The third-order valence-corrected chi connectivity index (χ3v) is 5.18. The third kappa shape index (κ3) is 6.13. The molecule has 172 valence electrons. The van der Waals surface area contributed by atoms with Gasteiger partial charge in [-0.25, -0.2) is 4.63 Å². The highest BCUT2D eigenvalue weighted by molar-refractivity contribution is 6.30. The van der Waals surface area contributed by atoms with Crippen LogP contribution in [0.4, 0.5) is 5.82 Å². The maximum atomic E-state index is 12.0. The fraction of sp³-hybridized carbons (Fsp3) is 0.174. The zero-order valence-electron chi connectivity index (χ0n) is 17.6. The Morgan fingerprint density at radius 3 is 2.58 bits per heavy atom. The zero-order valence-corrected chi connectivity index (χ0v) is 19.1. The van der Waals surface area contributed by atoms with E-state index in [9.17, 15) is 4.79 Å². The highest BCUT2D eigenvalue weighted by Crippen LogP contribution is 2.29. The average Bonchev–Trinajstić information content (AvgIpc) is 3.24. The van der Waals surface area contributed by atoms with Crippen molar-refractivity contribution in [2.75, 3.05) is 18.8 Å². The summed E-state index contributed by atoms with van der Waals surface area (Å²) in [5, 5.41) is 15.9. The van der Waals surface area contributed by atoms with Crippen LogP contribution in [0.5, 0.6) is 5.75 Å². The van der Waals surface area contributed by atoms with Crippen molar-refractivity contribution in [1.29, 1.82) is 0 Å². The molecule has 0 saturated heterocycles. The molecule has 0 unspecified atom stereocenters. The number of nitrogen functional groups attached to an aromatic ring is 1. The van der Waals surface area contributed by atoms with E-state index in [0.29, 0.717) is 31.3 Å². The van der Waals surface area contributed by atoms with Gasteiger partial charge < -0.3 is 33.5 Å². The van der Waals surface area contributed by atoms with Crippen LogP contribution in [0.2, 0.25) is 5.02 Å². The van der Waals surface area contributed by atoms with Crippen LogP contribution in [0.3, 0.4) is 0 Å². The lowest BCUT2D eigenvalue weighted by atomic mass is 10.0. The first kappa shape index (κ1) is 24.3. The van der Waals surface area contributed by atoms with Gasteiger partial charge in [0.15, 0.2) is 0 Å². The summed E-state index contributed by atoms with van der Waals surface area (Å²) in [5.41, 5.74) is 7.60. The van der Waals surface area contributed by atoms with E-state index in [1.54, 1.807) is 0 Å². The SMILES string of the molecule is Nc1nonc1C(=O)NCCNCc1c(OCc2ccc(Cl)cc2)ccc2ccccc12.[Cl-]. The van der Waals surface area contributed by atoms with Crippen molar-refractivity contribution in [1.82, 2.24) is 20.9 Å². The topological polar surface area (TPSA) is 115 Å². The first-order chi connectivity index (χ1) is 15.6. The molecule has 0 atom stereocenters. The summed E-state index contributed by atoms with van der Waals surface area (Å²) >= 11 is 5.97. The highest BCUT2D eigenvalue weighted by Gasteiger charge is 2.15. The summed E-state index contributed by atoms with van der Waals surface area (Å²) in [7, 11) is 0. The number of fused-ring (bicyclic) bond motifs is 1. The predicted molar refractivity (Wildman–Crippen MR) is 122 cm³/mol. The zero-order chi connectivity index (χ0) is 22.3. The Labute approximate surface area is 201 Å². The molecule has 4 rings (SSSR count). The molecule has 0 spiro atoms. The maximum absolute atomic E-state index is 12.0. The minimum atomic E-state index is -0.428. The number of rotatable bonds is 9. The smallest absolute Gasteiger partial charge is 0.277 e. The van der Waals surface area contributed by atoms with Crippen LogP contribution in [0, 0.1) is 0 Å². The molecule has 0 bridgehead atoms. The van der Waals surface area contributed by atoms with Gasteiger partial charge in [-0.15, -0.1) is 0 Å². The fourth-order valence-electron chi connectivity index (χ4n) is 3.29. The molecule has 0 aliphatic rings. The minimum absolute atomic E-state index is 0. The molecule has 0 saturated carbocycles. The normalized spacial score (nSPS) is 10.6. The Balaban J connectivity index is 0.00000306. The van der Waals surface area contributed by atoms with Crippen molar-refractivity contribution in [3.63, 3.8) is 0 Å². The van der Waals surface area contributed by atoms with Crippen molar-refractivity contribution in [3.05, 3.63) is 82.5 Å². The highest BCUT2D eigenvalue weighted by atomic mass is 35.5. The number of nitrogens with two attached hydrogens (primary N) is 1. The quantitative estimate of drug-likeness (QED) is 0.296. The number of amides is 1. The van der Waals surface area contributed by atoms with Crippen LogP contribution in [0.25, 0.3) is 10.8 Å². The van der Waals surface area contributed by atoms with Crippen LogP contribution in [0.15, 0.2) is 65.3 Å². The van der Waals surface area contributed by atoms with E-state index in [2.05, 4.69) is 37.7 Å². The molecule has 1 aromatic heterocycles. The molecule has 10 heteroatoms. The number of hydrogen-bond acceptors (Lipinski definition) is 7. The molecule has 4 N–H and O–H groups in total. The third-order valence-electron chi connectivity index (χ3n) is 4.92. The number of halogens is 2. The Kier molecular flexibility index (Phi) is 8.48. The summed E-state index contributed by atoms with van der Waals surface area (Å²) in [6.07, 6.45) is 0. The van der Waals surface area contributed by atoms with E-state index in [4.69, 9.17) is 22.1 Å². The fourth-order valence-corrected chi connectivity index (χ4v) is 3.42. The van der Waals surface area contributed by atoms with Gasteiger partial charge >= 0.3 is 0 Å². The molecular weight excluding hydrogens is 465 g/mol. The Bertz CT molecular complexity index is 1210. The number of aromatic nitrogens is 2. The predicted octanol–water partition coefficient (Wildman–Crippen LogP) is 0.561. The van der Waals surface area contributed by atoms with Crippen molar-refractivity contribution in [3.8, 4) is 5.75 Å². The second kappa shape index (κ2) is 11.5. The van der Waals surface area contributed by atoms with E-state index in [-0.39, 0.29) is 23.9 Å². The van der Waals surface area contributed by atoms with E-state index in [1.807, 2.05) is 48.5 Å². The van der Waals surface area contributed by atoms with Gasteiger partial charge in [0.1, 0.15) is 12.4 Å². The van der Waals surface area contributed by atoms with Gasteiger partial charge in [0.2, 0.25) is 11.5 Å². The second-order valence-electron chi connectivity index (χ2n) is 7.11. The molecule has 1 amide bonds. The molecule has 4 aromatic rings. The second-order valence-corrected chi connectivity index (χ2v) is 7.55. The van der Waals surface area contributed by atoms with Gasteiger partial charge in [-0.2, -0.15) is 0 Å². The standard InChI is InChI=1S/C23H22ClN5O3.ClH/c24-17-8-5-15(6-9-17)14-31-20-10-7-16-3-1-2-4-18(16)19(20)13-26-11-12-27-23(30)21-22(25)29-32-28-21;/h1-10,26H,11-14H2,(H2,25,29)(H,27,30);1H/p-1. The van der Waals surface area contributed by atoms with E-state index < -0.39 is 5.91 Å².